The summed E-state index contributed by atoms with van der Waals surface area (Å²) in [6.45, 7) is 1.83. The van der Waals surface area contributed by atoms with Gasteiger partial charge in [-0.3, -0.25) is 0 Å². The van der Waals surface area contributed by atoms with Crippen molar-refractivity contribution >= 4 is 11.6 Å². The van der Waals surface area contributed by atoms with Gasteiger partial charge in [0.25, 0.3) is 0 Å². The summed E-state index contributed by atoms with van der Waals surface area (Å²) in [4.78, 5) is 4.27. The highest BCUT2D eigenvalue weighted by Gasteiger charge is 2.10. The summed E-state index contributed by atoms with van der Waals surface area (Å²) >= 11 is 5.72. The Labute approximate surface area is 98.3 Å². The van der Waals surface area contributed by atoms with E-state index in [1.807, 2.05) is 19.1 Å². The number of aromatic nitrogens is 1. The maximum Gasteiger partial charge on any atom is 0.226 e. The van der Waals surface area contributed by atoms with E-state index in [1.165, 1.54) is 0 Å². The van der Waals surface area contributed by atoms with Gasteiger partial charge in [0, 0.05) is 5.56 Å². The Balaban J connectivity index is 2.39. The summed E-state index contributed by atoms with van der Waals surface area (Å²) in [5, 5.41) is 8.68. The molecule has 0 atom stereocenters. The van der Waals surface area contributed by atoms with Crippen LogP contribution in [-0.2, 0) is 5.88 Å². The topological polar surface area (TPSA) is 49.8 Å². The lowest BCUT2D eigenvalue weighted by atomic mass is 10.1. The van der Waals surface area contributed by atoms with Crippen LogP contribution >= 0.6 is 11.6 Å². The van der Waals surface area contributed by atoms with Crippen LogP contribution in [0.1, 0.15) is 17.0 Å². The van der Waals surface area contributed by atoms with Crippen LogP contribution in [0.5, 0.6) is 0 Å². The third-order valence-electron chi connectivity index (χ3n) is 2.28. The Morgan fingerprint density at radius 3 is 2.56 bits per heavy atom. The second-order valence-electron chi connectivity index (χ2n) is 3.34. The lowest BCUT2D eigenvalue weighted by Crippen LogP contribution is -1.81. The first kappa shape index (κ1) is 10.7. The first-order valence-electron chi connectivity index (χ1n) is 4.77. The first-order valence-corrected chi connectivity index (χ1v) is 5.31. The molecule has 80 valence electrons. The Morgan fingerprint density at radius 1 is 1.38 bits per heavy atom. The average Bonchev–Trinajstić information content (AvgIpc) is 2.71. The molecule has 0 saturated heterocycles. The van der Waals surface area contributed by atoms with Gasteiger partial charge in [0.05, 0.1) is 23.2 Å². The van der Waals surface area contributed by atoms with Crippen LogP contribution in [0.25, 0.3) is 11.5 Å². The molecule has 1 heterocycles. The number of halogens is 1. The molecule has 3 nitrogen and oxygen atoms in total. The van der Waals surface area contributed by atoms with Crippen LogP contribution in [0.15, 0.2) is 28.7 Å². The Kier molecular flexibility index (Phi) is 2.93. The van der Waals surface area contributed by atoms with Crippen LogP contribution in [0.3, 0.4) is 0 Å². The highest BCUT2D eigenvalue weighted by atomic mass is 35.5. The summed E-state index contributed by atoms with van der Waals surface area (Å²) in [5.74, 6) is 1.61. The summed E-state index contributed by atoms with van der Waals surface area (Å²) in [5.41, 5.74) is 2.21. The highest BCUT2D eigenvalue weighted by Crippen LogP contribution is 2.22. The number of nitrogens with zero attached hydrogens (tertiary/aromatic N) is 2. The molecule has 0 radical (unpaired) electrons. The number of alkyl halides is 1. The second kappa shape index (κ2) is 4.38. The predicted molar refractivity (Wildman–Crippen MR) is 60.9 cm³/mol. The van der Waals surface area contributed by atoms with E-state index in [-0.39, 0.29) is 0 Å². The fourth-order valence-corrected chi connectivity index (χ4v) is 1.61. The van der Waals surface area contributed by atoms with Crippen LogP contribution in [0, 0.1) is 18.3 Å². The van der Waals surface area contributed by atoms with Gasteiger partial charge in [0.2, 0.25) is 5.89 Å². The molecule has 0 fully saturated rings. The van der Waals surface area contributed by atoms with Crippen molar-refractivity contribution in [3.05, 3.63) is 41.3 Å². The van der Waals surface area contributed by atoms with Gasteiger partial charge < -0.3 is 4.42 Å². The number of aryl methyl sites for hydroxylation is 1. The van der Waals surface area contributed by atoms with Crippen molar-refractivity contribution in [3.63, 3.8) is 0 Å². The molecule has 0 aliphatic rings. The van der Waals surface area contributed by atoms with Gasteiger partial charge in [-0.25, -0.2) is 4.98 Å². The Bertz CT molecular complexity index is 537. The van der Waals surface area contributed by atoms with E-state index in [0.29, 0.717) is 17.3 Å². The van der Waals surface area contributed by atoms with E-state index >= 15 is 0 Å². The molecule has 4 heteroatoms. The van der Waals surface area contributed by atoms with Gasteiger partial charge in [0.15, 0.2) is 0 Å². The molecule has 0 bridgehead atoms. The van der Waals surface area contributed by atoms with E-state index in [1.54, 1.807) is 12.1 Å². The minimum absolute atomic E-state index is 0.339. The molecule has 2 rings (SSSR count). The zero-order valence-electron chi connectivity index (χ0n) is 8.70. The van der Waals surface area contributed by atoms with Gasteiger partial charge >= 0.3 is 0 Å². The third-order valence-corrected chi connectivity index (χ3v) is 2.53. The van der Waals surface area contributed by atoms with Crippen LogP contribution in [0.4, 0.5) is 0 Å². The van der Waals surface area contributed by atoms with E-state index < -0.39 is 0 Å². The molecule has 0 saturated carbocycles. The fraction of sp³-hybridized carbons (Fsp3) is 0.167. The van der Waals surface area contributed by atoms with Gasteiger partial charge in [-0.2, -0.15) is 5.26 Å². The third kappa shape index (κ3) is 1.93. The lowest BCUT2D eigenvalue weighted by Gasteiger charge is -1.94. The molecule has 0 unspecified atom stereocenters. The second-order valence-corrected chi connectivity index (χ2v) is 3.61. The van der Waals surface area contributed by atoms with Gasteiger partial charge in [0.1, 0.15) is 5.76 Å². The van der Waals surface area contributed by atoms with Crippen molar-refractivity contribution in [2.24, 2.45) is 0 Å². The normalized spacial score (nSPS) is 10.1. The molecule has 1 aromatic heterocycles. The van der Waals surface area contributed by atoms with Gasteiger partial charge in [-0.05, 0) is 31.2 Å². The maximum absolute atomic E-state index is 8.68. The maximum atomic E-state index is 8.68. The summed E-state index contributed by atoms with van der Waals surface area (Å²) in [7, 11) is 0. The molecule has 16 heavy (non-hydrogen) atoms. The van der Waals surface area contributed by atoms with Crippen molar-refractivity contribution in [3.8, 4) is 17.5 Å². The highest BCUT2D eigenvalue weighted by molar-refractivity contribution is 6.16. The predicted octanol–water partition coefficient (Wildman–Crippen LogP) is 3.26. The van der Waals surface area contributed by atoms with Crippen LogP contribution in [-0.4, -0.2) is 4.98 Å². The molecular weight excluding hydrogens is 224 g/mol. The molecule has 0 spiro atoms. The molecule has 0 amide bonds. The largest absolute Gasteiger partial charge is 0.441 e. The number of oxazole rings is 1. The van der Waals surface area contributed by atoms with E-state index in [0.717, 1.165) is 17.0 Å². The van der Waals surface area contributed by atoms with Gasteiger partial charge in [-0.15, -0.1) is 11.6 Å². The molecule has 2 aromatic rings. The zero-order chi connectivity index (χ0) is 11.5. The summed E-state index contributed by atoms with van der Waals surface area (Å²) < 4.78 is 5.49. The number of hydrogen-bond acceptors (Lipinski definition) is 3. The van der Waals surface area contributed by atoms with Crippen molar-refractivity contribution in [2.75, 3.05) is 0 Å². The van der Waals surface area contributed by atoms with Crippen LogP contribution in [0.2, 0.25) is 0 Å². The van der Waals surface area contributed by atoms with E-state index in [9.17, 15) is 0 Å². The standard InChI is InChI=1S/C12H9ClN2O/c1-8-11(6-13)15-12(16-8)10-4-2-9(7-14)3-5-10/h2-5H,6H2,1H3. The molecule has 0 N–H and O–H groups in total. The number of hydrogen-bond donors (Lipinski definition) is 0. The number of benzene rings is 1. The SMILES string of the molecule is Cc1oc(-c2ccc(C#N)cc2)nc1CCl. The quantitative estimate of drug-likeness (QED) is 0.747. The minimum Gasteiger partial charge on any atom is -0.441 e. The molecule has 0 aliphatic carbocycles. The zero-order valence-corrected chi connectivity index (χ0v) is 9.45. The van der Waals surface area contributed by atoms with Gasteiger partial charge in [-0.1, -0.05) is 0 Å². The van der Waals surface area contributed by atoms with Crippen LogP contribution < -0.4 is 0 Å². The summed E-state index contributed by atoms with van der Waals surface area (Å²) in [6.07, 6.45) is 0. The monoisotopic (exact) mass is 232 g/mol. The average molecular weight is 233 g/mol. The Morgan fingerprint density at radius 2 is 2.06 bits per heavy atom. The van der Waals surface area contributed by atoms with E-state index in [4.69, 9.17) is 21.3 Å². The minimum atomic E-state index is 0.339. The lowest BCUT2D eigenvalue weighted by molar-refractivity contribution is 0.540. The molecular formula is C12H9ClN2O. The molecule has 0 aliphatic heterocycles. The number of nitriles is 1. The van der Waals surface area contributed by atoms with Crippen molar-refractivity contribution in [1.29, 1.82) is 5.26 Å². The van der Waals surface area contributed by atoms with E-state index in [2.05, 4.69) is 11.1 Å². The Hall–Kier alpha value is -1.79. The summed E-state index contributed by atoms with van der Waals surface area (Å²) in [6, 6.07) is 9.14. The van der Waals surface area contributed by atoms with Crippen molar-refractivity contribution in [2.45, 2.75) is 12.8 Å². The first-order chi connectivity index (χ1) is 7.74. The van der Waals surface area contributed by atoms with Crippen molar-refractivity contribution in [1.82, 2.24) is 4.98 Å². The van der Waals surface area contributed by atoms with Crippen molar-refractivity contribution < 1.29 is 4.42 Å². The number of rotatable bonds is 2. The smallest absolute Gasteiger partial charge is 0.226 e. The fourth-order valence-electron chi connectivity index (χ4n) is 1.36. The molecule has 1 aromatic carbocycles.